The monoisotopic (exact) mass is 413 g/mol. The minimum atomic E-state index is -3.71. The van der Waals surface area contributed by atoms with E-state index in [-0.39, 0.29) is 23.4 Å². The fourth-order valence-corrected chi connectivity index (χ4v) is 5.31. The minimum absolute atomic E-state index is 0.0150. The summed E-state index contributed by atoms with van der Waals surface area (Å²) in [7, 11) is -2.34. The second kappa shape index (κ2) is 8.00. The predicted molar refractivity (Wildman–Crippen MR) is 109 cm³/mol. The molecule has 1 fully saturated rings. The maximum atomic E-state index is 13.2. The predicted octanol–water partition coefficient (Wildman–Crippen LogP) is 3.72. The highest BCUT2D eigenvalue weighted by Gasteiger charge is 2.33. The van der Waals surface area contributed by atoms with Crippen LogP contribution in [0.2, 0.25) is 0 Å². The zero-order chi connectivity index (χ0) is 20.4. The Bertz CT molecular complexity index is 1100. The Balaban J connectivity index is 1.56. The molecular weight excluding hydrogens is 390 g/mol. The second-order valence-corrected chi connectivity index (χ2v) is 9.17. The van der Waals surface area contributed by atoms with E-state index in [9.17, 15) is 13.2 Å². The molecule has 1 atom stereocenters. The van der Waals surface area contributed by atoms with E-state index < -0.39 is 10.0 Å². The highest BCUT2D eigenvalue weighted by atomic mass is 32.2. The van der Waals surface area contributed by atoms with Crippen LogP contribution in [-0.4, -0.2) is 38.9 Å². The van der Waals surface area contributed by atoms with Crippen LogP contribution >= 0.6 is 0 Å². The summed E-state index contributed by atoms with van der Waals surface area (Å²) < 4.78 is 38.2. The van der Waals surface area contributed by atoms with Crippen molar-refractivity contribution < 1.29 is 22.4 Å². The van der Waals surface area contributed by atoms with E-state index in [1.54, 1.807) is 12.1 Å². The van der Waals surface area contributed by atoms with Crippen molar-refractivity contribution in [2.24, 2.45) is 0 Å². The lowest BCUT2D eigenvalue weighted by Gasteiger charge is -2.31. The first-order valence-corrected chi connectivity index (χ1v) is 11.1. The number of rotatable bonds is 5. The molecule has 7 heteroatoms. The molecular formula is C22H23NO5S. The summed E-state index contributed by atoms with van der Waals surface area (Å²) in [6.45, 7) is 0.860. The van der Waals surface area contributed by atoms with Crippen molar-refractivity contribution in [3.63, 3.8) is 0 Å². The lowest BCUT2D eigenvalue weighted by Crippen LogP contribution is -2.38. The van der Waals surface area contributed by atoms with Crippen LogP contribution in [0.3, 0.4) is 0 Å². The molecule has 0 radical (unpaired) electrons. The Morgan fingerprint density at radius 1 is 1.17 bits per heavy atom. The van der Waals surface area contributed by atoms with Crippen molar-refractivity contribution in [3.05, 3.63) is 65.7 Å². The van der Waals surface area contributed by atoms with Gasteiger partial charge in [-0.15, -0.1) is 0 Å². The van der Waals surface area contributed by atoms with Crippen LogP contribution in [0.5, 0.6) is 0 Å². The van der Waals surface area contributed by atoms with Crippen LogP contribution in [-0.2, 0) is 26.0 Å². The van der Waals surface area contributed by atoms with E-state index in [1.165, 1.54) is 11.4 Å². The second-order valence-electron chi connectivity index (χ2n) is 7.30. The Morgan fingerprint density at radius 3 is 2.79 bits per heavy atom. The number of hydrogen-bond donors (Lipinski definition) is 0. The molecule has 0 saturated carbocycles. The maximum Gasteiger partial charge on any atom is 0.309 e. The number of sulfonamides is 1. The summed E-state index contributed by atoms with van der Waals surface area (Å²) in [5.74, 6) is -0.222. The summed E-state index contributed by atoms with van der Waals surface area (Å²) in [4.78, 5) is 11.6. The average molecular weight is 413 g/mol. The standard InChI is InChI=1S/C22H23NO5S/c1-27-21(24)13-16-6-4-8-17(12-16)19-9-5-11-23(15-19)29(25,26)22-14-18-7-2-3-10-20(18)28-22/h2-4,6-8,10,12,14,19H,5,9,11,13,15H2,1H3. The van der Waals surface area contributed by atoms with Crippen molar-refractivity contribution in [2.45, 2.75) is 30.3 Å². The number of para-hydroxylation sites is 1. The van der Waals surface area contributed by atoms with Crippen LogP contribution in [0.15, 0.2) is 64.1 Å². The number of hydrogen-bond acceptors (Lipinski definition) is 5. The van der Waals surface area contributed by atoms with Gasteiger partial charge < -0.3 is 9.15 Å². The van der Waals surface area contributed by atoms with Crippen molar-refractivity contribution in [2.75, 3.05) is 20.2 Å². The molecule has 4 rings (SSSR count). The minimum Gasteiger partial charge on any atom is -0.469 e. The number of fused-ring (bicyclic) bond motifs is 1. The molecule has 29 heavy (non-hydrogen) atoms. The third-order valence-electron chi connectivity index (χ3n) is 5.38. The molecule has 3 aromatic rings. The van der Waals surface area contributed by atoms with E-state index in [4.69, 9.17) is 9.15 Å². The quantitative estimate of drug-likeness (QED) is 0.596. The third-order valence-corrected chi connectivity index (χ3v) is 7.10. The number of carbonyl (C=O) groups excluding carboxylic acids is 1. The topological polar surface area (TPSA) is 76.8 Å². The lowest BCUT2D eigenvalue weighted by molar-refractivity contribution is -0.139. The van der Waals surface area contributed by atoms with Gasteiger partial charge in [0.2, 0.25) is 5.09 Å². The largest absolute Gasteiger partial charge is 0.469 e. The molecule has 1 aliphatic rings. The summed E-state index contributed by atoms with van der Waals surface area (Å²) >= 11 is 0. The molecule has 0 amide bonds. The van der Waals surface area contributed by atoms with Gasteiger partial charge in [0, 0.05) is 24.5 Å². The van der Waals surface area contributed by atoms with Crippen LogP contribution in [0, 0.1) is 0 Å². The summed E-state index contributed by atoms with van der Waals surface area (Å²) in [5, 5.41) is 0.758. The Labute approximate surface area is 170 Å². The average Bonchev–Trinajstić information content (AvgIpc) is 3.19. The van der Waals surface area contributed by atoms with Gasteiger partial charge in [0.05, 0.1) is 13.5 Å². The maximum absolute atomic E-state index is 13.2. The zero-order valence-corrected chi connectivity index (χ0v) is 17.0. The zero-order valence-electron chi connectivity index (χ0n) is 16.2. The van der Waals surface area contributed by atoms with Crippen molar-refractivity contribution >= 4 is 27.0 Å². The molecule has 0 aliphatic carbocycles. The normalized spacial score (nSPS) is 18.0. The van der Waals surface area contributed by atoms with Gasteiger partial charge in [-0.1, -0.05) is 42.5 Å². The van der Waals surface area contributed by atoms with Gasteiger partial charge in [0.15, 0.2) is 0 Å². The van der Waals surface area contributed by atoms with Gasteiger partial charge >= 0.3 is 5.97 Å². The molecule has 2 aromatic carbocycles. The molecule has 1 saturated heterocycles. The Kier molecular flexibility index (Phi) is 5.43. The molecule has 0 N–H and O–H groups in total. The number of furan rings is 1. The molecule has 1 aromatic heterocycles. The molecule has 152 valence electrons. The Morgan fingerprint density at radius 2 is 2.00 bits per heavy atom. The number of ether oxygens (including phenoxy) is 1. The smallest absolute Gasteiger partial charge is 0.309 e. The fourth-order valence-electron chi connectivity index (χ4n) is 3.84. The van der Waals surface area contributed by atoms with Crippen molar-refractivity contribution in [1.29, 1.82) is 0 Å². The molecule has 2 heterocycles. The van der Waals surface area contributed by atoms with Gasteiger partial charge in [-0.2, -0.15) is 4.31 Å². The number of methoxy groups -OCH3 is 1. The van der Waals surface area contributed by atoms with Gasteiger partial charge in [-0.3, -0.25) is 4.79 Å². The van der Waals surface area contributed by atoms with Crippen LogP contribution in [0.1, 0.15) is 29.9 Å². The van der Waals surface area contributed by atoms with Gasteiger partial charge in [0.25, 0.3) is 10.0 Å². The lowest BCUT2D eigenvalue weighted by atomic mass is 9.90. The van der Waals surface area contributed by atoms with E-state index >= 15 is 0 Å². The molecule has 1 unspecified atom stereocenters. The van der Waals surface area contributed by atoms with E-state index in [2.05, 4.69) is 0 Å². The van der Waals surface area contributed by atoms with Crippen LogP contribution < -0.4 is 0 Å². The number of benzene rings is 2. The van der Waals surface area contributed by atoms with Crippen LogP contribution in [0.25, 0.3) is 11.0 Å². The highest BCUT2D eigenvalue weighted by molar-refractivity contribution is 7.89. The number of carbonyl (C=O) groups is 1. The van der Waals surface area contributed by atoms with Crippen molar-refractivity contribution in [3.8, 4) is 0 Å². The molecule has 6 nitrogen and oxygen atoms in total. The third kappa shape index (κ3) is 4.06. The molecule has 0 bridgehead atoms. The van der Waals surface area contributed by atoms with Gasteiger partial charge in [-0.05, 0) is 36.0 Å². The summed E-state index contributed by atoms with van der Waals surface area (Å²) in [5.41, 5.74) is 2.47. The molecule has 1 aliphatic heterocycles. The first-order chi connectivity index (χ1) is 14.0. The SMILES string of the molecule is COC(=O)Cc1cccc(C2CCCN(S(=O)(=O)c3cc4ccccc4o3)C2)c1. The first kappa shape index (κ1) is 19.7. The number of nitrogens with zero attached hydrogens (tertiary/aromatic N) is 1. The fraction of sp³-hybridized carbons (Fsp3) is 0.318. The molecule has 0 spiro atoms. The first-order valence-electron chi connectivity index (χ1n) is 9.62. The van der Waals surface area contributed by atoms with Gasteiger partial charge in [0.1, 0.15) is 5.58 Å². The Hall–Kier alpha value is -2.64. The van der Waals surface area contributed by atoms with Crippen molar-refractivity contribution in [1.82, 2.24) is 4.31 Å². The van der Waals surface area contributed by atoms with Gasteiger partial charge in [-0.25, -0.2) is 8.42 Å². The van der Waals surface area contributed by atoms with E-state index in [0.29, 0.717) is 18.7 Å². The van der Waals surface area contributed by atoms with Crippen LogP contribution in [0.4, 0.5) is 0 Å². The highest BCUT2D eigenvalue weighted by Crippen LogP contribution is 2.32. The number of esters is 1. The van der Waals surface area contributed by atoms with E-state index in [1.807, 2.05) is 42.5 Å². The number of piperidine rings is 1. The summed E-state index contributed by atoms with van der Waals surface area (Å²) in [6.07, 6.45) is 1.87. The summed E-state index contributed by atoms with van der Waals surface area (Å²) in [6, 6.07) is 16.6. The van der Waals surface area contributed by atoms with E-state index in [0.717, 1.165) is 29.4 Å².